The molecule has 2 rings (SSSR count). The zero-order valence-electron chi connectivity index (χ0n) is 9.48. The maximum Gasteiger partial charge on any atom is 0.254 e. The zero-order chi connectivity index (χ0) is 12.3. The molecule has 0 saturated carbocycles. The van der Waals surface area contributed by atoms with E-state index in [4.69, 9.17) is 0 Å². The van der Waals surface area contributed by atoms with Crippen LogP contribution in [-0.4, -0.2) is 10.5 Å². The minimum Gasteiger partial charge on any atom is -0.357 e. The van der Waals surface area contributed by atoms with E-state index in [1.807, 2.05) is 30.1 Å². The molecule has 0 saturated heterocycles. The smallest absolute Gasteiger partial charge is 0.254 e. The minimum absolute atomic E-state index is 0.0726. The summed E-state index contributed by atoms with van der Waals surface area (Å²) in [7, 11) is 1.90. The Kier molecular flexibility index (Phi) is 3.23. The van der Waals surface area contributed by atoms with Crippen molar-refractivity contribution in [2.75, 3.05) is 0 Å². The summed E-state index contributed by atoms with van der Waals surface area (Å²) in [5, 5.41) is 2.68. The van der Waals surface area contributed by atoms with Gasteiger partial charge in [-0.2, -0.15) is 0 Å². The standard InChI is InChI=1S/C13H13FN2O/c1-16-7-6-10(9-16)8-15-13(17)11-4-2-3-5-12(11)14/h2-7,9H,8H2,1H3,(H,15,17). The first kappa shape index (κ1) is 11.4. The van der Waals surface area contributed by atoms with Crippen molar-refractivity contribution >= 4 is 5.91 Å². The van der Waals surface area contributed by atoms with Crippen LogP contribution < -0.4 is 5.32 Å². The lowest BCUT2D eigenvalue weighted by atomic mass is 10.2. The second-order valence-corrected chi connectivity index (χ2v) is 3.85. The first-order valence-electron chi connectivity index (χ1n) is 5.30. The van der Waals surface area contributed by atoms with E-state index in [1.165, 1.54) is 12.1 Å². The fourth-order valence-corrected chi connectivity index (χ4v) is 1.59. The minimum atomic E-state index is -0.502. The van der Waals surface area contributed by atoms with Crippen LogP contribution in [0.5, 0.6) is 0 Å². The Hall–Kier alpha value is -2.10. The highest BCUT2D eigenvalue weighted by Gasteiger charge is 2.09. The van der Waals surface area contributed by atoms with E-state index in [-0.39, 0.29) is 5.56 Å². The molecule has 0 aliphatic carbocycles. The average Bonchev–Trinajstić information content (AvgIpc) is 2.73. The molecule has 0 radical (unpaired) electrons. The van der Waals surface area contributed by atoms with Crippen LogP contribution in [0.4, 0.5) is 4.39 Å². The Bertz CT molecular complexity index is 534. The van der Waals surface area contributed by atoms with Gasteiger partial charge in [0, 0.05) is 26.0 Å². The van der Waals surface area contributed by atoms with Crippen LogP contribution >= 0.6 is 0 Å². The molecule has 0 unspecified atom stereocenters. The van der Waals surface area contributed by atoms with Gasteiger partial charge in [-0.3, -0.25) is 4.79 Å². The number of benzene rings is 1. The van der Waals surface area contributed by atoms with E-state index in [0.29, 0.717) is 6.54 Å². The second kappa shape index (κ2) is 4.82. The van der Waals surface area contributed by atoms with Crippen molar-refractivity contribution < 1.29 is 9.18 Å². The fraction of sp³-hybridized carbons (Fsp3) is 0.154. The lowest BCUT2D eigenvalue weighted by molar-refractivity contribution is 0.0947. The summed E-state index contributed by atoms with van der Waals surface area (Å²) in [5.74, 6) is -0.898. The van der Waals surface area contributed by atoms with Crippen molar-refractivity contribution in [1.82, 2.24) is 9.88 Å². The number of aryl methyl sites for hydroxylation is 1. The van der Waals surface area contributed by atoms with Crippen LogP contribution in [0.25, 0.3) is 0 Å². The molecule has 2 aromatic rings. The summed E-state index contributed by atoms with van der Waals surface area (Å²) in [6.45, 7) is 0.397. The highest BCUT2D eigenvalue weighted by molar-refractivity contribution is 5.94. The molecule has 1 aromatic heterocycles. The van der Waals surface area contributed by atoms with E-state index in [0.717, 1.165) is 5.56 Å². The highest BCUT2D eigenvalue weighted by atomic mass is 19.1. The topological polar surface area (TPSA) is 34.0 Å². The van der Waals surface area contributed by atoms with Gasteiger partial charge in [0.25, 0.3) is 5.91 Å². The Balaban J connectivity index is 2.01. The molecule has 88 valence electrons. The van der Waals surface area contributed by atoms with Crippen molar-refractivity contribution in [3.8, 4) is 0 Å². The lowest BCUT2D eigenvalue weighted by Gasteiger charge is -2.04. The molecule has 1 aromatic carbocycles. The van der Waals surface area contributed by atoms with Crippen LogP contribution in [0.3, 0.4) is 0 Å². The van der Waals surface area contributed by atoms with E-state index in [9.17, 15) is 9.18 Å². The van der Waals surface area contributed by atoms with Gasteiger partial charge in [-0.15, -0.1) is 0 Å². The zero-order valence-corrected chi connectivity index (χ0v) is 9.48. The van der Waals surface area contributed by atoms with E-state index >= 15 is 0 Å². The van der Waals surface area contributed by atoms with Gasteiger partial charge in [0.15, 0.2) is 0 Å². The molecule has 0 atom stereocenters. The number of amides is 1. The number of halogens is 1. The summed E-state index contributed by atoms with van der Waals surface area (Å²) in [6.07, 6.45) is 3.80. The second-order valence-electron chi connectivity index (χ2n) is 3.85. The lowest BCUT2D eigenvalue weighted by Crippen LogP contribution is -2.23. The summed E-state index contributed by atoms with van der Waals surface area (Å²) in [4.78, 5) is 11.7. The van der Waals surface area contributed by atoms with Crippen LogP contribution in [-0.2, 0) is 13.6 Å². The molecule has 0 aliphatic heterocycles. The summed E-state index contributed by atoms with van der Waals surface area (Å²) >= 11 is 0. The maximum atomic E-state index is 13.3. The number of hydrogen-bond donors (Lipinski definition) is 1. The van der Waals surface area contributed by atoms with E-state index in [1.54, 1.807) is 12.1 Å². The molecule has 1 heterocycles. The molecule has 0 aliphatic rings. The number of carbonyl (C=O) groups excluding carboxylic acids is 1. The third-order valence-electron chi connectivity index (χ3n) is 2.46. The molecule has 0 bridgehead atoms. The van der Waals surface area contributed by atoms with Crippen molar-refractivity contribution in [3.05, 3.63) is 59.7 Å². The van der Waals surface area contributed by atoms with Crippen molar-refractivity contribution in [2.45, 2.75) is 6.54 Å². The number of nitrogens with zero attached hydrogens (tertiary/aromatic N) is 1. The third-order valence-corrected chi connectivity index (χ3v) is 2.46. The molecular weight excluding hydrogens is 219 g/mol. The molecule has 1 N–H and O–H groups in total. The van der Waals surface area contributed by atoms with E-state index in [2.05, 4.69) is 5.32 Å². The van der Waals surface area contributed by atoms with Crippen LogP contribution in [0, 0.1) is 5.82 Å². The normalized spacial score (nSPS) is 10.2. The van der Waals surface area contributed by atoms with Crippen LogP contribution in [0.2, 0.25) is 0 Å². The molecule has 4 heteroatoms. The maximum absolute atomic E-state index is 13.3. The van der Waals surface area contributed by atoms with Crippen LogP contribution in [0.15, 0.2) is 42.7 Å². The van der Waals surface area contributed by atoms with Gasteiger partial charge < -0.3 is 9.88 Å². The average molecular weight is 232 g/mol. The molecule has 3 nitrogen and oxygen atoms in total. The third kappa shape index (κ3) is 2.72. The molecule has 0 spiro atoms. The number of carbonyl (C=O) groups is 1. The van der Waals surface area contributed by atoms with Gasteiger partial charge in [0.05, 0.1) is 5.56 Å². The Morgan fingerprint density at radius 3 is 2.76 bits per heavy atom. The Morgan fingerprint density at radius 1 is 1.35 bits per heavy atom. The predicted molar refractivity (Wildman–Crippen MR) is 63.0 cm³/mol. The molecule has 0 fully saturated rings. The molecule has 17 heavy (non-hydrogen) atoms. The van der Waals surface area contributed by atoms with Crippen molar-refractivity contribution in [1.29, 1.82) is 0 Å². The Labute approximate surface area is 98.9 Å². The summed E-state index contributed by atoms with van der Waals surface area (Å²) in [5.41, 5.74) is 1.06. The van der Waals surface area contributed by atoms with Gasteiger partial charge in [0.1, 0.15) is 5.82 Å². The Morgan fingerprint density at radius 2 is 2.12 bits per heavy atom. The van der Waals surface area contributed by atoms with Crippen molar-refractivity contribution in [2.24, 2.45) is 7.05 Å². The van der Waals surface area contributed by atoms with Crippen LogP contribution in [0.1, 0.15) is 15.9 Å². The highest BCUT2D eigenvalue weighted by Crippen LogP contribution is 2.06. The van der Waals surface area contributed by atoms with Gasteiger partial charge >= 0.3 is 0 Å². The van der Waals surface area contributed by atoms with E-state index < -0.39 is 11.7 Å². The first-order valence-corrected chi connectivity index (χ1v) is 5.30. The van der Waals surface area contributed by atoms with Gasteiger partial charge in [-0.25, -0.2) is 4.39 Å². The van der Waals surface area contributed by atoms with Gasteiger partial charge in [-0.1, -0.05) is 12.1 Å². The number of nitrogens with one attached hydrogen (secondary N) is 1. The fourth-order valence-electron chi connectivity index (χ4n) is 1.59. The number of rotatable bonds is 3. The largest absolute Gasteiger partial charge is 0.357 e. The van der Waals surface area contributed by atoms with Gasteiger partial charge in [-0.05, 0) is 23.8 Å². The summed E-state index contributed by atoms with van der Waals surface area (Å²) in [6, 6.07) is 7.85. The SMILES string of the molecule is Cn1ccc(CNC(=O)c2ccccc2F)c1. The quantitative estimate of drug-likeness (QED) is 0.863. The van der Waals surface area contributed by atoms with Crippen molar-refractivity contribution in [3.63, 3.8) is 0 Å². The first-order chi connectivity index (χ1) is 8.16. The monoisotopic (exact) mass is 232 g/mol. The number of hydrogen-bond acceptors (Lipinski definition) is 1. The molecular formula is C13H13FN2O. The predicted octanol–water partition coefficient (Wildman–Crippen LogP) is 2.09. The number of aromatic nitrogens is 1. The summed E-state index contributed by atoms with van der Waals surface area (Å²) < 4.78 is 15.2. The molecule has 1 amide bonds. The van der Waals surface area contributed by atoms with Gasteiger partial charge in [0.2, 0.25) is 0 Å².